The van der Waals surface area contributed by atoms with E-state index in [4.69, 9.17) is 5.11 Å². The van der Waals surface area contributed by atoms with Crippen molar-refractivity contribution in [1.29, 1.82) is 0 Å². The minimum atomic E-state index is -3.07. The molecule has 1 rings (SSSR count). The van der Waals surface area contributed by atoms with E-state index in [-0.39, 0.29) is 24.0 Å². The lowest BCUT2D eigenvalue weighted by atomic mass is 9.85. The highest BCUT2D eigenvalue weighted by Gasteiger charge is 2.35. The van der Waals surface area contributed by atoms with E-state index in [9.17, 15) is 18.0 Å². The first-order valence-electron chi connectivity index (χ1n) is 6.88. The summed E-state index contributed by atoms with van der Waals surface area (Å²) < 4.78 is 22.9. The van der Waals surface area contributed by atoms with Crippen molar-refractivity contribution in [3.8, 4) is 0 Å². The zero-order valence-electron chi connectivity index (χ0n) is 12.9. The monoisotopic (exact) mass is 320 g/mol. The third-order valence-electron chi connectivity index (χ3n) is 3.80. The summed E-state index contributed by atoms with van der Waals surface area (Å²) in [5.41, 5.74) is -0.406. The van der Waals surface area contributed by atoms with Crippen molar-refractivity contribution in [2.24, 2.45) is 5.41 Å². The summed E-state index contributed by atoms with van der Waals surface area (Å²) in [6.07, 6.45) is 0.247. The molecule has 2 atom stereocenters. The Hall–Kier alpha value is -1.31. The van der Waals surface area contributed by atoms with Crippen molar-refractivity contribution in [3.63, 3.8) is 0 Å². The molecular weight excluding hydrogens is 296 g/mol. The van der Waals surface area contributed by atoms with Crippen LogP contribution in [0.4, 0.5) is 4.79 Å². The van der Waals surface area contributed by atoms with E-state index in [1.165, 1.54) is 4.90 Å². The van der Waals surface area contributed by atoms with Gasteiger partial charge in [0, 0.05) is 19.1 Å². The molecule has 0 aromatic carbocycles. The van der Waals surface area contributed by atoms with Crippen molar-refractivity contribution < 1.29 is 23.1 Å². The topological polar surface area (TPSA) is 104 Å². The van der Waals surface area contributed by atoms with Crippen LogP contribution in [0.25, 0.3) is 0 Å². The molecule has 1 fully saturated rings. The van der Waals surface area contributed by atoms with Gasteiger partial charge in [0.2, 0.25) is 0 Å². The molecule has 2 unspecified atom stereocenters. The number of nitrogens with one attached hydrogen (secondary N) is 1. The van der Waals surface area contributed by atoms with Gasteiger partial charge in [-0.05, 0) is 11.8 Å². The van der Waals surface area contributed by atoms with Crippen molar-refractivity contribution in [1.82, 2.24) is 10.2 Å². The first-order valence-corrected chi connectivity index (χ1v) is 8.70. The second-order valence-corrected chi connectivity index (χ2v) is 8.86. The fourth-order valence-electron chi connectivity index (χ4n) is 2.25. The summed E-state index contributed by atoms with van der Waals surface area (Å²) in [5.74, 6) is -0.926. The lowest BCUT2D eigenvalue weighted by molar-refractivity contribution is -0.138. The van der Waals surface area contributed by atoms with Crippen molar-refractivity contribution in [2.45, 2.75) is 45.7 Å². The molecule has 0 aromatic rings. The van der Waals surface area contributed by atoms with Crippen molar-refractivity contribution >= 4 is 21.8 Å². The predicted molar refractivity (Wildman–Crippen MR) is 78.8 cm³/mol. The lowest BCUT2D eigenvalue weighted by Crippen LogP contribution is -2.52. The van der Waals surface area contributed by atoms with Gasteiger partial charge in [0.05, 0.1) is 17.9 Å². The highest BCUT2D eigenvalue weighted by molar-refractivity contribution is 7.91. The van der Waals surface area contributed by atoms with Gasteiger partial charge in [0.1, 0.15) is 0 Å². The van der Waals surface area contributed by atoms with Gasteiger partial charge in [0.15, 0.2) is 9.84 Å². The van der Waals surface area contributed by atoms with Crippen LogP contribution in [0.5, 0.6) is 0 Å². The summed E-state index contributed by atoms with van der Waals surface area (Å²) in [6, 6.07) is -1.30. The molecule has 1 aliphatic heterocycles. The molecule has 0 aromatic heterocycles. The van der Waals surface area contributed by atoms with Crippen LogP contribution in [-0.4, -0.2) is 61.1 Å². The van der Waals surface area contributed by atoms with E-state index in [0.29, 0.717) is 6.42 Å². The summed E-state index contributed by atoms with van der Waals surface area (Å²) in [6.45, 7) is 5.54. The smallest absolute Gasteiger partial charge is 0.317 e. The Bertz CT molecular complexity index is 509. The van der Waals surface area contributed by atoms with E-state index in [1.807, 2.05) is 20.8 Å². The molecule has 1 heterocycles. The number of urea groups is 1. The maximum absolute atomic E-state index is 12.2. The highest BCUT2D eigenvalue weighted by Crippen LogP contribution is 2.23. The Kier molecular flexibility index (Phi) is 5.25. The van der Waals surface area contributed by atoms with Gasteiger partial charge in [-0.1, -0.05) is 20.8 Å². The zero-order valence-corrected chi connectivity index (χ0v) is 13.7. The molecular formula is C13H24N2O5S. The van der Waals surface area contributed by atoms with E-state index < -0.39 is 33.3 Å². The fourth-order valence-corrected chi connectivity index (χ4v) is 4.02. The minimum absolute atomic E-state index is 0.0317. The Morgan fingerprint density at radius 2 is 1.95 bits per heavy atom. The number of rotatable bonds is 4. The molecule has 21 heavy (non-hydrogen) atoms. The zero-order chi connectivity index (χ0) is 16.4. The number of carboxylic acids is 1. The van der Waals surface area contributed by atoms with Gasteiger partial charge < -0.3 is 15.3 Å². The maximum atomic E-state index is 12.2. The van der Waals surface area contributed by atoms with Gasteiger partial charge in [0.25, 0.3) is 0 Å². The van der Waals surface area contributed by atoms with Crippen LogP contribution in [-0.2, 0) is 14.6 Å². The molecule has 8 heteroatoms. The molecule has 0 spiro atoms. The Morgan fingerprint density at radius 1 is 1.38 bits per heavy atom. The number of carbonyl (C=O) groups is 2. The second kappa shape index (κ2) is 6.21. The first-order chi connectivity index (χ1) is 9.42. The van der Waals surface area contributed by atoms with Gasteiger partial charge in [-0.25, -0.2) is 13.2 Å². The number of amides is 2. The second-order valence-electron chi connectivity index (χ2n) is 6.63. The average molecular weight is 320 g/mol. The molecule has 0 radical (unpaired) electrons. The minimum Gasteiger partial charge on any atom is -0.481 e. The Morgan fingerprint density at radius 3 is 2.33 bits per heavy atom. The predicted octanol–water partition coefficient (Wildman–Crippen LogP) is 0.704. The van der Waals surface area contributed by atoms with E-state index in [1.54, 1.807) is 7.05 Å². The Balaban J connectivity index is 2.71. The maximum Gasteiger partial charge on any atom is 0.317 e. The van der Waals surface area contributed by atoms with Crippen LogP contribution >= 0.6 is 0 Å². The highest BCUT2D eigenvalue weighted by atomic mass is 32.2. The Labute approximate surface area is 125 Å². The number of aliphatic carboxylic acids is 1. The van der Waals surface area contributed by atoms with Crippen molar-refractivity contribution in [2.75, 3.05) is 18.6 Å². The van der Waals surface area contributed by atoms with Crippen LogP contribution in [0, 0.1) is 5.41 Å². The summed E-state index contributed by atoms with van der Waals surface area (Å²) in [7, 11) is -1.52. The standard InChI is InChI=1S/C13H24N2O5S/c1-13(2,3)10(7-11(16)17)14-12(18)15(4)9-5-6-21(19,20)8-9/h9-10H,5-8H2,1-4H3,(H,14,18)(H,16,17). The summed E-state index contributed by atoms with van der Waals surface area (Å²) in [4.78, 5) is 24.5. The number of nitrogens with zero attached hydrogens (tertiary/aromatic N) is 1. The quantitative estimate of drug-likeness (QED) is 0.793. The van der Waals surface area contributed by atoms with Gasteiger partial charge in [-0.15, -0.1) is 0 Å². The van der Waals surface area contributed by atoms with E-state index in [2.05, 4.69) is 5.32 Å². The number of carbonyl (C=O) groups excluding carboxylic acids is 1. The normalized spacial score (nSPS) is 22.6. The molecule has 0 saturated carbocycles. The van der Waals surface area contributed by atoms with Gasteiger partial charge in [-0.2, -0.15) is 0 Å². The molecule has 7 nitrogen and oxygen atoms in total. The summed E-state index contributed by atoms with van der Waals surface area (Å²) >= 11 is 0. The molecule has 0 aliphatic carbocycles. The lowest BCUT2D eigenvalue weighted by Gasteiger charge is -2.33. The molecule has 2 amide bonds. The van der Waals surface area contributed by atoms with Crippen LogP contribution in [0.1, 0.15) is 33.6 Å². The number of hydrogen-bond acceptors (Lipinski definition) is 4. The molecule has 1 saturated heterocycles. The SMILES string of the molecule is CN(C(=O)NC(CC(=O)O)C(C)(C)C)C1CCS(=O)(=O)C1. The van der Waals surface area contributed by atoms with E-state index >= 15 is 0 Å². The van der Waals surface area contributed by atoms with Crippen molar-refractivity contribution in [3.05, 3.63) is 0 Å². The fraction of sp³-hybridized carbons (Fsp3) is 0.846. The van der Waals surface area contributed by atoms with E-state index in [0.717, 1.165) is 0 Å². The molecule has 2 N–H and O–H groups in total. The van der Waals surface area contributed by atoms with Crippen LogP contribution < -0.4 is 5.32 Å². The largest absolute Gasteiger partial charge is 0.481 e. The summed E-state index contributed by atoms with van der Waals surface area (Å²) in [5, 5.41) is 11.6. The van der Waals surface area contributed by atoms with Gasteiger partial charge >= 0.3 is 12.0 Å². The molecule has 0 bridgehead atoms. The third kappa shape index (κ3) is 5.18. The average Bonchev–Trinajstić information content (AvgIpc) is 2.66. The number of carboxylic acid groups (broad SMARTS) is 1. The van der Waals surface area contributed by atoms with Crippen LogP contribution in [0.2, 0.25) is 0 Å². The van der Waals surface area contributed by atoms with Crippen LogP contribution in [0.3, 0.4) is 0 Å². The molecule has 1 aliphatic rings. The third-order valence-corrected chi connectivity index (χ3v) is 5.55. The first kappa shape index (κ1) is 17.7. The number of hydrogen-bond donors (Lipinski definition) is 2. The number of sulfone groups is 1. The molecule has 122 valence electrons. The van der Waals surface area contributed by atoms with Gasteiger partial charge in [-0.3, -0.25) is 4.79 Å². The van der Waals surface area contributed by atoms with Crippen LogP contribution in [0.15, 0.2) is 0 Å².